The second-order valence-corrected chi connectivity index (χ2v) is 15.5. The highest BCUT2D eigenvalue weighted by molar-refractivity contribution is 6.32. The number of hydrogen-bond donors (Lipinski definition) is 1. The van der Waals surface area contributed by atoms with Gasteiger partial charge >= 0.3 is 0 Å². The van der Waals surface area contributed by atoms with E-state index < -0.39 is 46.8 Å². The second kappa shape index (κ2) is 13.0. The molecule has 0 bridgehead atoms. The molecule has 6 aromatic rings. The Morgan fingerprint density at radius 1 is 0.789 bits per heavy atom. The average Bonchev–Trinajstić information content (AvgIpc) is 3.85. The van der Waals surface area contributed by atoms with Crippen LogP contribution in [-0.2, 0) is 24.6 Å². The van der Waals surface area contributed by atoms with E-state index >= 15 is 4.79 Å². The van der Waals surface area contributed by atoms with Crippen LogP contribution in [0, 0.1) is 23.7 Å². The maximum absolute atomic E-state index is 15.4. The fourth-order valence-electron chi connectivity index (χ4n) is 10.0. The van der Waals surface area contributed by atoms with Crippen LogP contribution in [0.2, 0.25) is 5.02 Å². The largest absolute Gasteiger partial charge is 0.504 e. The van der Waals surface area contributed by atoms with Crippen LogP contribution in [0.3, 0.4) is 0 Å². The van der Waals surface area contributed by atoms with E-state index in [1.54, 1.807) is 66.7 Å². The molecule has 3 heterocycles. The molecule has 10 nitrogen and oxygen atoms in total. The van der Waals surface area contributed by atoms with Gasteiger partial charge < -0.3 is 14.3 Å². The van der Waals surface area contributed by atoms with Crippen molar-refractivity contribution in [3.05, 3.63) is 149 Å². The van der Waals surface area contributed by atoms with Gasteiger partial charge in [0.2, 0.25) is 29.5 Å². The highest BCUT2D eigenvalue weighted by Crippen LogP contribution is 2.65. The van der Waals surface area contributed by atoms with Crippen molar-refractivity contribution in [2.24, 2.45) is 23.7 Å². The number of allylic oxidation sites excluding steroid dienone is 2. The molecule has 0 spiro atoms. The number of phenolic OH excluding ortho intramolecular Hbond substituents is 1. The quantitative estimate of drug-likeness (QED) is 0.132. The number of imide groups is 2. The lowest BCUT2D eigenvalue weighted by Gasteiger charge is -2.50. The molecular formula is C46H34ClN3O7. The Hall–Kier alpha value is -6.52. The van der Waals surface area contributed by atoms with Crippen LogP contribution >= 0.6 is 11.6 Å². The van der Waals surface area contributed by atoms with Gasteiger partial charge in [-0.2, -0.15) is 0 Å². The van der Waals surface area contributed by atoms with Gasteiger partial charge in [-0.15, -0.1) is 0 Å². The molecule has 5 aromatic carbocycles. The molecule has 1 N–H and O–H groups in total. The molecule has 1 aromatic heterocycles. The first-order valence-electron chi connectivity index (χ1n) is 18.8. The van der Waals surface area contributed by atoms with Gasteiger partial charge in [-0.1, -0.05) is 77.8 Å². The van der Waals surface area contributed by atoms with Crippen LogP contribution in [-0.4, -0.2) is 40.8 Å². The predicted octanol–water partition coefficient (Wildman–Crippen LogP) is 8.23. The molecule has 10 rings (SSSR count). The number of oxazole rings is 1. The third-order valence-corrected chi connectivity index (χ3v) is 12.6. The van der Waals surface area contributed by atoms with E-state index in [4.69, 9.17) is 20.8 Å². The Bertz CT molecular complexity index is 2660. The molecule has 282 valence electrons. The summed E-state index contributed by atoms with van der Waals surface area (Å²) < 4.78 is 11.3. The number of carbonyl (C=O) groups is 4. The Balaban J connectivity index is 1.09. The summed E-state index contributed by atoms with van der Waals surface area (Å²) in [4.78, 5) is 66.6. The number of ether oxygens (including phenoxy) is 1. The van der Waals surface area contributed by atoms with Gasteiger partial charge in [-0.3, -0.25) is 24.1 Å². The van der Waals surface area contributed by atoms with Crippen molar-refractivity contribution in [2.45, 2.75) is 24.2 Å². The molecule has 2 aliphatic carbocycles. The van der Waals surface area contributed by atoms with Crippen molar-refractivity contribution < 1.29 is 33.4 Å². The third kappa shape index (κ3) is 5.06. The molecule has 4 amide bonds. The van der Waals surface area contributed by atoms with Crippen molar-refractivity contribution >= 4 is 57.7 Å². The number of carbonyl (C=O) groups excluding carboxylic acids is 4. The lowest BCUT2D eigenvalue weighted by Crippen LogP contribution is -2.53. The normalized spacial score (nSPS) is 25.4. The standard InChI is InChI=1S/C46H34ClN3O7/c1-56-38-21-16-26(22-36(38)51)40-31-19-20-32-39(44(54)49(42(32)52)29-17-14-25(15-18-29)41-48-35-12-5-6-13-37(35)57-41)33(31)24-34-43(53)50(30-11-7-10-28(47)23-30)45(55)46(34,40)27-8-3-2-4-9-27/h2-19,21-23,32-34,39-40,51H,20,24H2,1H3/t32-,33+,34-,39-,40-,46+/m0/s1. The van der Waals surface area contributed by atoms with Crippen LogP contribution in [0.25, 0.3) is 22.6 Å². The van der Waals surface area contributed by atoms with Crippen molar-refractivity contribution in [3.63, 3.8) is 0 Å². The number of phenols is 1. The summed E-state index contributed by atoms with van der Waals surface area (Å²) in [5.74, 6) is -4.75. The molecular weight excluding hydrogens is 742 g/mol. The fourth-order valence-corrected chi connectivity index (χ4v) is 10.2. The van der Waals surface area contributed by atoms with Gasteiger partial charge in [0, 0.05) is 16.5 Å². The summed E-state index contributed by atoms with van der Waals surface area (Å²) in [7, 11) is 1.45. The fraction of sp³-hybridized carbons (Fsp3) is 0.196. The zero-order valence-corrected chi connectivity index (χ0v) is 31.3. The van der Waals surface area contributed by atoms with Crippen molar-refractivity contribution in [1.82, 2.24) is 4.98 Å². The van der Waals surface area contributed by atoms with Gasteiger partial charge in [0.1, 0.15) is 5.52 Å². The van der Waals surface area contributed by atoms with Crippen LogP contribution < -0.4 is 14.5 Å². The number of aromatic hydroxyl groups is 1. The molecule has 6 atom stereocenters. The molecule has 2 saturated heterocycles. The first kappa shape index (κ1) is 34.9. The summed E-state index contributed by atoms with van der Waals surface area (Å²) in [5.41, 5.74) is 3.35. The zero-order valence-electron chi connectivity index (χ0n) is 30.5. The van der Waals surface area contributed by atoms with Gasteiger partial charge in [0.15, 0.2) is 17.1 Å². The predicted molar refractivity (Wildman–Crippen MR) is 213 cm³/mol. The summed E-state index contributed by atoms with van der Waals surface area (Å²) in [6.45, 7) is 0. The summed E-state index contributed by atoms with van der Waals surface area (Å²) in [6.07, 6.45) is 2.39. The number of anilines is 2. The highest BCUT2D eigenvalue weighted by Gasteiger charge is 2.70. The van der Waals surface area contributed by atoms with E-state index in [0.29, 0.717) is 44.6 Å². The number of benzene rings is 5. The van der Waals surface area contributed by atoms with Crippen LogP contribution in [0.4, 0.5) is 11.4 Å². The van der Waals surface area contributed by atoms with Crippen molar-refractivity contribution in [1.29, 1.82) is 0 Å². The number of fused-ring (bicyclic) bond motifs is 5. The first-order chi connectivity index (χ1) is 27.7. The molecule has 1 saturated carbocycles. The Morgan fingerprint density at radius 2 is 1.56 bits per heavy atom. The molecule has 57 heavy (non-hydrogen) atoms. The van der Waals surface area contributed by atoms with Crippen LogP contribution in [0.1, 0.15) is 29.9 Å². The number of rotatable bonds is 6. The number of para-hydroxylation sites is 2. The maximum Gasteiger partial charge on any atom is 0.246 e. The number of halogens is 1. The van der Waals surface area contributed by atoms with E-state index in [1.165, 1.54) is 16.9 Å². The minimum absolute atomic E-state index is 0.130. The third-order valence-electron chi connectivity index (χ3n) is 12.4. The average molecular weight is 776 g/mol. The molecule has 11 heteroatoms. The Labute approximate surface area is 331 Å². The number of aromatic nitrogens is 1. The topological polar surface area (TPSA) is 130 Å². The number of amides is 4. The van der Waals surface area contributed by atoms with Crippen molar-refractivity contribution in [3.8, 4) is 23.0 Å². The van der Waals surface area contributed by atoms with E-state index in [2.05, 4.69) is 4.98 Å². The van der Waals surface area contributed by atoms with Gasteiger partial charge in [-0.25, -0.2) is 9.88 Å². The first-order valence-corrected chi connectivity index (χ1v) is 19.2. The summed E-state index contributed by atoms with van der Waals surface area (Å²) >= 11 is 6.42. The van der Waals surface area contributed by atoms with Crippen LogP contribution in [0.15, 0.2) is 137 Å². The van der Waals surface area contributed by atoms with E-state index in [9.17, 15) is 19.5 Å². The SMILES string of the molecule is COc1ccc([C@H]2C3=CC[C@@H]4C(=O)N(c5ccc(-c6nc7ccccc7o6)cc5)C(=O)[C@@H]4[C@@H]3C[C@H]3C(=O)N(c4cccc(Cl)c4)C(=O)[C@@]23c2ccccc2)cc1O. The highest BCUT2D eigenvalue weighted by atomic mass is 35.5. The lowest BCUT2D eigenvalue weighted by atomic mass is 9.49. The molecule has 3 fully saturated rings. The maximum atomic E-state index is 15.4. The monoisotopic (exact) mass is 775 g/mol. The van der Waals surface area contributed by atoms with E-state index in [-0.39, 0.29) is 36.2 Å². The second-order valence-electron chi connectivity index (χ2n) is 15.1. The van der Waals surface area contributed by atoms with Crippen LogP contribution in [0.5, 0.6) is 11.5 Å². The minimum Gasteiger partial charge on any atom is -0.504 e. The smallest absolute Gasteiger partial charge is 0.246 e. The van der Waals surface area contributed by atoms with Crippen molar-refractivity contribution in [2.75, 3.05) is 16.9 Å². The van der Waals surface area contributed by atoms with E-state index in [0.717, 1.165) is 11.1 Å². The lowest BCUT2D eigenvalue weighted by molar-refractivity contribution is -0.127. The minimum atomic E-state index is -1.47. The Kier molecular flexibility index (Phi) is 7.98. The van der Waals surface area contributed by atoms with Gasteiger partial charge in [0.25, 0.3) is 0 Å². The van der Waals surface area contributed by atoms with E-state index in [1.807, 2.05) is 60.7 Å². The number of hydrogen-bond acceptors (Lipinski definition) is 8. The zero-order chi connectivity index (χ0) is 39.2. The summed E-state index contributed by atoms with van der Waals surface area (Å²) in [5, 5.41) is 11.5. The molecule has 0 radical (unpaired) electrons. The number of nitrogens with zero attached hydrogens (tertiary/aromatic N) is 3. The molecule has 4 aliphatic rings. The summed E-state index contributed by atoms with van der Waals surface area (Å²) in [6, 6.07) is 35.4. The van der Waals surface area contributed by atoms with Gasteiger partial charge in [-0.05, 0) is 96.6 Å². The molecule has 2 aliphatic heterocycles. The Morgan fingerprint density at radius 3 is 2.30 bits per heavy atom. The molecule has 0 unspecified atom stereocenters. The van der Waals surface area contributed by atoms with Gasteiger partial charge in [0.05, 0.1) is 41.7 Å². The number of methoxy groups -OCH3 is 1.